The van der Waals surface area contributed by atoms with Crippen molar-refractivity contribution in [2.75, 3.05) is 5.32 Å². The number of benzene rings is 1. The molecule has 1 amide bonds. The Labute approximate surface area is 155 Å². The third-order valence-corrected chi connectivity index (χ3v) is 5.49. The summed E-state index contributed by atoms with van der Waals surface area (Å²) in [5.74, 6) is 0.512. The van der Waals surface area contributed by atoms with Gasteiger partial charge in [0.2, 0.25) is 5.95 Å². The molecule has 0 aliphatic heterocycles. The lowest BCUT2D eigenvalue weighted by molar-refractivity contribution is 0.102. The van der Waals surface area contributed by atoms with E-state index in [-0.39, 0.29) is 11.9 Å². The first kappa shape index (κ1) is 15.9. The van der Waals surface area contributed by atoms with Crippen LogP contribution in [0.5, 0.6) is 0 Å². The largest absolute Gasteiger partial charge is 0.288 e. The molecule has 3 heterocycles. The molecule has 3 aromatic heterocycles. The van der Waals surface area contributed by atoms with Gasteiger partial charge in [-0.3, -0.25) is 20.2 Å². The monoisotopic (exact) mass is 413 g/mol. The van der Waals surface area contributed by atoms with Crippen molar-refractivity contribution in [1.82, 2.24) is 20.2 Å². The number of aryl methyl sites for hydroxylation is 1. The molecule has 0 fully saturated rings. The average Bonchev–Trinajstić information content (AvgIpc) is 3.21. The Morgan fingerprint density at radius 2 is 2.16 bits per heavy atom. The van der Waals surface area contributed by atoms with Crippen molar-refractivity contribution in [1.29, 1.82) is 0 Å². The maximum Gasteiger partial charge on any atom is 0.268 e. The number of carbonyl (C=O) groups is 1. The van der Waals surface area contributed by atoms with Gasteiger partial charge in [-0.15, -0.1) is 16.4 Å². The van der Waals surface area contributed by atoms with Crippen LogP contribution in [0.25, 0.3) is 21.6 Å². The van der Waals surface area contributed by atoms with E-state index in [1.807, 2.05) is 43.3 Å². The Morgan fingerprint density at radius 1 is 1.28 bits per heavy atom. The number of anilines is 1. The Morgan fingerprint density at radius 3 is 2.96 bits per heavy atom. The summed E-state index contributed by atoms with van der Waals surface area (Å²) in [4.78, 5) is 21.7. The molecule has 0 bridgehead atoms. The van der Waals surface area contributed by atoms with E-state index in [1.54, 1.807) is 6.20 Å². The van der Waals surface area contributed by atoms with Crippen LogP contribution in [0, 0.1) is 6.92 Å². The number of pyridine rings is 1. The number of hydrogen-bond donors (Lipinski definition) is 2. The maximum absolute atomic E-state index is 12.6. The van der Waals surface area contributed by atoms with Crippen molar-refractivity contribution in [3.05, 3.63) is 57.5 Å². The first-order valence-corrected chi connectivity index (χ1v) is 9.06. The molecule has 124 valence electrons. The van der Waals surface area contributed by atoms with Crippen molar-refractivity contribution in [2.24, 2.45) is 0 Å². The smallest absolute Gasteiger partial charge is 0.268 e. The van der Waals surface area contributed by atoms with Gasteiger partial charge in [0.05, 0.1) is 4.88 Å². The van der Waals surface area contributed by atoms with Crippen LogP contribution in [0.1, 0.15) is 15.2 Å². The zero-order valence-electron chi connectivity index (χ0n) is 13.1. The van der Waals surface area contributed by atoms with Crippen molar-refractivity contribution in [3.63, 3.8) is 0 Å². The van der Waals surface area contributed by atoms with Crippen LogP contribution in [-0.4, -0.2) is 26.1 Å². The molecular formula is C17H12BrN5OS. The second kappa shape index (κ2) is 6.38. The van der Waals surface area contributed by atoms with E-state index in [0.717, 1.165) is 20.1 Å². The zero-order valence-corrected chi connectivity index (χ0v) is 15.5. The molecule has 0 atom stereocenters. The summed E-state index contributed by atoms with van der Waals surface area (Å²) >= 11 is 4.92. The van der Waals surface area contributed by atoms with Gasteiger partial charge in [0.1, 0.15) is 5.69 Å². The van der Waals surface area contributed by atoms with Crippen LogP contribution < -0.4 is 5.32 Å². The summed E-state index contributed by atoms with van der Waals surface area (Å²) in [7, 11) is 0. The van der Waals surface area contributed by atoms with Gasteiger partial charge in [0.25, 0.3) is 5.91 Å². The number of rotatable bonds is 3. The summed E-state index contributed by atoms with van der Waals surface area (Å²) in [5.41, 5.74) is 1.61. The molecule has 0 saturated heterocycles. The van der Waals surface area contributed by atoms with E-state index < -0.39 is 0 Å². The minimum atomic E-state index is -0.221. The summed E-state index contributed by atoms with van der Waals surface area (Å²) in [5, 5.41) is 10.6. The van der Waals surface area contributed by atoms with Crippen molar-refractivity contribution in [2.45, 2.75) is 6.92 Å². The van der Waals surface area contributed by atoms with Crippen molar-refractivity contribution < 1.29 is 4.79 Å². The highest BCUT2D eigenvalue weighted by Crippen LogP contribution is 2.33. The number of hydrogen-bond acceptors (Lipinski definition) is 5. The fraction of sp³-hybridized carbons (Fsp3) is 0.0588. The lowest BCUT2D eigenvalue weighted by Gasteiger charge is -1.99. The lowest BCUT2D eigenvalue weighted by Crippen LogP contribution is -2.12. The lowest BCUT2D eigenvalue weighted by atomic mass is 10.1. The number of halogens is 1. The molecule has 0 saturated carbocycles. The zero-order chi connectivity index (χ0) is 17.4. The van der Waals surface area contributed by atoms with Gasteiger partial charge in [0.15, 0.2) is 5.82 Å². The van der Waals surface area contributed by atoms with Crippen LogP contribution in [0.2, 0.25) is 0 Å². The first-order chi connectivity index (χ1) is 12.1. The molecule has 6 nitrogen and oxygen atoms in total. The second-order valence-electron chi connectivity index (χ2n) is 5.37. The fourth-order valence-corrected chi connectivity index (χ4v) is 3.95. The molecule has 8 heteroatoms. The molecule has 4 rings (SSSR count). The first-order valence-electron chi connectivity index (χ1n) is 7.45. The van der Waals surface area contributed by atoms with Crippen LogP contribution in [-0.2, 0) is 0 Å². The number of H-pyrrole nitrogens is 1. The Kier molecular flexibility index (Phi) is 4.06. The average molecular weight is 414 g/mol. The van der Waals surface area contributed by atoms with Gasteiger partial charge in [-0.2, -0.15) is 4.98 Å². The van der Waals surface area contributed by atoms with E-state index in [1.165, 1.54) is 11.3 Å². The van der Waals surface area contributed by atoms with Gasteiger partial charge in [-0.25, -0.2) is 0 Å². The third-order valence-electron chi connectivity index (χ3n) is 3.72. The Hall–Kier alpha value is -2.58. The standard InChI is InChI=1S/C17H12BrN5OS/c1-9-11-8-10(18)5-6-13(11)25-14(9)16(24)21-17-20-15(22-23-17)12-4-2-3-7-19-12/h2-8H,1H3,(H2,20,21,22,23,24). The molecule has 2 N–H and O–H groups in total. The molecule has 1 aromatic carbocycles. The summed E-state index contributed by atoms with van der Waals surface area (Å²) in [6.07, 6.45) is 1.68. The normalized spacial score (nSPS) is 11.0. The quantitative estimate of drug-likeness (QED) is 0.521. The molecular weight excluding hydrogens is 402 g/mol. The van der Waals surface area contributed by atoms with Crippen LogP contribution in [0.15, 0.2) is 47.1 Å². The second-order valence-corrected chi connectivity index (χ2v) is 7.34. The maximum atomic E-state index is 12.6. The van der Waals surface area contributed by atoms with E-state index >= 15 is 0 Å². The Balaban J connectivity index is 1.61. The van der Waals surface area contributed by atoms with Gasteiger partial charge in [-0.1, -0.05) is 22.0 Å². The van der Waals surface area contributed by atoms with E-state index in [9.17, 15) is 4.79 Å². The fourth-order valence-electron chi connectivity index (χ4n) is 2.50. The van der Waals surface area contributed by atoms with E-state index in [0.29, 0.717) is 16.4 Å². The highest BCUT2D eigenvalue weighted by molar-refractivity contribution is 9.10. The van der Waals surface area contributed by atoms with Gasteiger partial charge >= 0.3 is 0 Å². The minimum absolute atomic E-state index is 0.221. The van der Waals surface area contributed by atoms with Crippen molar-refractivity contribution >= 4 is 49.2 Å². The van der Waals surface area contributed by atoms with Gasteiger partial charge in [0, 0.05) is 15.4 Å². The van der Waals surface area contributed by atoms with Crippen molar-refractivity contribution in [3.8, 4) is 11.5 Å². The van der Waals surface area contributed by atoms with E-state index in [4.69, 9.17) is 0 Å². The topological polar surface area (TPSA) is 83.6 Å². The SMILES string of the molecule is Cc1c(C(=O)Nc2n[nH]c(-c3ccccn3)n2)sc2ccc(Br)cc12. The minimum Gasteiger partial charge on any atom is -0.288 e. The molecule has 4 aromatic rings. The number of nitrogens with zero attached hydrogens (tertiary/aromatic N) is 3. The predicted octanol–water partition coefficient (Wildman–Crippen LogP) is 4.40. The number of carbonyl (C=O) groups excluding carboxylic acids is 1. The molecule has 0 aliphatic carbocycles. The summed E-state index contributed by atoms with van der Waals surface area (Å²) in [6.45, 7) is 1.94. The molecule has 25 heavy (non-hydrogen) atoms. The molecule has 0 radical (unpaired) electrons. The number of thiophene rings is 1. The van der Waals surface area contributed by atoms with E-state index in [2.05, 4.69) is 41.4 Å². The summed E-state index contributed by atoms with van der Waals surface area (Å²) < 4.78 is 2.05. The molecule has 0 unspecified atom stereocenters. The number of amides is 1. The number of aromatic amines is 1. The van der Waals surface area contributed by atoms with Crippen LogP contribution in [0.4, 0.5) is 5.95 Å². The molecule has 0 aliphatic rings. The van der Waals surface area contributed by atoms with Crippen LogP contribution in [0.3, 0.4) is 0 Å². The highest BCUT2D eigenvalue weighted by Gasteiger charge is 2.17. The third kappa shape index (κ3) is 3.06. The number of aromatic nitrogens is 4. The number of fused-ring (bicyclic) bond motifs is 1. The summed E-state index contributed by atoms with van der Waals surface area (Å²) in [6, 6.07) is 11.5. The predicted molar refractivity (Wildman–Crippen MR) is 102 cm³/mol. The van der Waals surface area contributed by atoms with Gasteiger partial charge < -0.3 is 0 Å². The Bertz CT molecular complexity index is 1070. The van der Waals surface area contributed by atoms with Gasteiger partial charge in [-0.05, 0) is 48.2 Å². The number of nitrogens with one attached hydrogen (secondary N) is 2. The van der Waals surface area contributed by atoms with Crippen LogP contribution >= 0.6 is 27.3 Å². The highest BCUT2D eigenvalue weighted by atomic mass is 79.9. The molecule has 0 spiro atoms.